The lowest BCUT2D eigenvalue weighted by molar-refractivity contribution is 0.0991. The van der Waals surface area contributed by atoms with E-state index in [9.17, 15) is 13.6 Å². The number of halogens is 3. The van der Waals surface area contributed by atoms with Crippen molar-refractivity contribution in [2.75, 3.05) is 0 Å². The molecular formula is C14H9BrF2O. The molecule has 0 spiro atoms. The maximum Gasteiger partial charge on any atom is 0.168 e. The molecule has 2 rings (SSSR count). The molecule has 0 saturated heterocycles. The van der Waals surface area contributed by atoms with Crippen molar-refractivity contribution in [1.29, 1.82) is 0 Å². The molecule has 0 amide bonds. The summed E-state index contributed by atoms with van der Waals surface area (Å²) in [5.74, 6) is -2.16. The molecule has 1 nitrogen and oxygen atoms in total. The van der Waals surface area contributed by atoms with Crippen LogP contribution in [0.1, 0.15) is 15.9 Å². The van der Waals surface area contributed by atoms with Gasteiger partial charge in [0.15, 0.2) is 17.4 Å². The summed E-state index contributed by atoms with van der Waals surface area (Å²) in [6.45, 7) is 0. The molecule has 0 heterocycles. The number of benzene rings is 2. The van der Waals surface area contributed by atoms with Gasteiger partial charge in [0.2, 0.25) is 0 Å². The second kappa shape index (κ2) is 5.40. The van der Waals surface area contributed by atoms with Gasteiger partial charge < -0.3 is 0 Å². The summed E-state index contributed by atoms with van der Waals surface area (Å²) in [5.41, 5.74) is 0.525. The lowest BCUT2D eigenvalue weighted by atomic mass is 10.0. The van der Waals surface area contributed by atoms with Crippen LogP contribution < -0.4 is 0 Å². The SMILES string of the molecule is O=C(Cc1cccc(F)c1F)c1ccccc1Br. The Kier molecular flexibility index (Phi) is 3.87. The number of carbonyl (C=O) groups is 1. The molecule has 0 bridgehead atoms. The molecular weight excluding hydrogens is 302 g/mol. The fourth-order valence-electron chi connectivity index (χ4n) is 1.64. The molecule has 0 atom stereocenters. The Balaban J connectivity index is 2.27. The Labute approximate surface area is 112 Å². The highest BCUT2D eigenvalue weighted by atomic mass is 79.9. The monoisotopic (exact) mass is 310 g/mol. The molecule has 0 aliphatic rings. The topological polar surface area (TPSA) is 17.1 Å². The number of carbonyl (C=O) groups excluding carboxylic acids is 1. The average molecular weight is 311 g/mol. The van der Waals surface area contributed by atoms with Gasteiger partial charge in [-0.15, -0.1) is 0 Å². The quantitative estimate of drug-likeness (QED) is 0.778. The number of hydrogen-bond acceptors (Lipinski definition) is 1. The van der Waals surface area contributed by atoms with E-state index in [1.165, 1.54) is 12.1 Å². The van der Waals surface area contributed by atoms with Gasteiger partial charge in [0.25, 0.3) is 0 Å². The number of Topliss-reactive ketones (excluding diaryl/α,β-unsaturated/α-hetero) is 1. The fraction of sp³-hybridized carbons (Fsp3) is 0.0714. The van der Waals surface area contributed by atoms with Gasteiger partial charge in [-0.25, -0.2) is 8.78 Å². The summed E-state index contributed by atoms with van der Waals surface area (Å²) >= 11 is 3.25. The number of hydrogen-bond donors (Lipinski definition) is 0. The highest BCUT2D eigenvalue weighted by Crippen LogP contribution is 2.19. The zero-order chi connectivity index (χ0) is 13.1. The summed E-state index contributed by atoms with van der Waals surface area (Å²) in [6.07, 6.45) is -0.161. The summed E-state index contributed by atoms with van der Waals surface area (Å²) in [4.78, 5) is 12.0. The lowest BCUT2D eigenvalue weighted by Gasteiger charge is -2.05. The summed E-state index contributed by atoms with van der Waals surface area (Å²) in [5, 5.41) is 0. The van der Waals surface area contributed by atoms with E-state index in [1.807, 2.05) is 0 Å². The predicted octanol–water partition coefficient (Wildman–Crippen LogP) is 4.15. The zero-order valence-corrected chi connectivity index (χ0v) is 10.9. The van der Waals surface area contributed by atoms with Gasteiger partial charge in [-0.2, -0.15) is 0 Å². The fourth-order valence-corrected chi connectivity index (χ4v) is 2.15. The smallest absolute Gasteiger partial charge is 0.168 e. The highest BCUT2D eigenvalue weighted by molar-refractivity contribution is 9.10. The Hall–Kier alpha value is -1.55. The van der Waals surface area contributed by atoms with Crippen LogP contribution in [0.25, 0.3) is 0 Å². The van der Waals surface area contributed by atoms with Crippen molar-refractivity contribution in [3.63, 3.8) is 0 Å². The third-order valence-corrected chi connectivity index (χ3v) is 3.25. The maximum atomic E-state index is 13.4. The Morgan fingerprint density at radius 3 is 2.50 bits per heavy atom. The molecule has 0 N–H and O–H groups in total. The minimum absolute atomic E-state index is 0.0655. The van der Waals surface area contributed by atoms with Crippen LogP contribution in [0, 0.1) is 11.6 Å². The molecule has 2 aromatic carbocycles. The van der Waals surface area contributed by atoms with Crippen LogP contribution in [-0.2, 0) is 6.42 Å². The van der Waals surface area contributed by atoms with Crippen molar-refractivity contribution in [2.24, 2.45) is 0 Å². The van der Waals surface area contributed by atoms with E-state index in [0.29, 0.717) is 10.0 Å². The van der Waals surface area contributed by atoms with Crippen molar-refractivity contribution in [1.82, 2.24) is 0 Å². The molecule has 0 aliphatic heterocycles. The van der Waals surface area contributed by atoms with Crippen molar-refractivity contribution in [2.45, 2.75) is 6.42 Å². The van der Waals surface area contributed by atoms with E-state index in [-0.39, 0.29) is 17.8 Å². The molecule has 2 aromatic rings. The van der Waals surface area contributed by atoms with Crippen molar-refractivity contribution < 1.29 is 13.6 Å². The van der Waals surface area contributed by atoms with E-state index >= 15 is 0 Å². The summed E-state index contributed by atoms with van der Waals surface area (Å²) in [6, 6.07) is 10.7. The normalized spacial score (nSPS) is 10.4. The maximum absolute atomic E-state index is 13.4. The molecule has 0 aromatic heterocycles. The third kappa shape index (κ3) is 2.64. The molecule has 4 heteroatoms. The first kappa shape index (κ1) is 12.9. The van der Waals surface area contributed by atoms with Crippen LogP contribution in [0.15, 0.2) is 46.9 Å². The van der Waals surface area contributed by atoms with Crippen LogP contribution in [0.2, 0.25) is 0 Å². The highest BCUT2D eigenvalue weighted by Gasteiger charge is 2.14. The van der Waals surface area contributed by atoms with Gasteiger partial charge >= 0.3 is 0 Å². The van der Waals surface area contributed by atoms with Gasteiger partial charge in [0.05, 0.1) is 0 Å². The minimum Gasteiger partial charge on any atom is -0.294 e. The standard InChI is InChI=1S/C14H9BrF2O/c15-11-6-2-1-5-10(11)13(18)8-9-4-3-7-12(16)14(9)17/h1-7H,8H2. The number of rotatable bonds is 3. The second-order valence-corrected chi connectivity index (χ2v) is 4.65. The van der Waals surface area contributed by atoms with Gasteiger partial charge in [0.1, 0.15) is 0 Å². The van der Waals surface area contributed by atoms with Crippen molar-refractivity contribution in [3.05, 3.63) is 69.7 Å². The van der Waals surface area contributed by atoms with Crippen LogP contribution in [0.4, 0.5) is 8.78 Å². The van der Waals surface area contributed by atoms with E-state index in [2.05, 4.69) is 15.9 Å². The molecule has 0 fully saturated rings. The van der Waals surface area contributed by atoms with E-state index in [1.54, 1.807) is 24.3 Å². The van der Waals surface area contributed by atoms with Gasteiger partial charge in [-0.05, 0) is 17.7 Å². The molecule has 92 valence electrons. The van der Waals surface area contributed by atoms with Gasteiger partial charge in [0, 0.05) is 16.5 Å². The van der Waals surface area contributed by atoms with Crippen LogP contribution in [0.3, 0.4) is 0 Å². The van der Waals surface area contributed by atoms with Crippen LogP contribution in [-0.4, -0.2) is 5.78 Å². The molecule has 18 heavy (non-hydrogen) atoms. The summed E-state index contributed by atoms with van der Waals surface area (Å²) in [7, 11) is 0. The first-order valence-corrected chi connectivity index (χ1v) is 6.09. The van der Waals surface area contributed by atoms with E-state index in [4.69, 9.17) is 0 Å². The molecule has 0 saturated carbocycles. The zero-order valence-electron chi connectivity index (χ0n) is 9.29. The Morgan fingerprint density at radius 2 is 1.78 bits per heavy atom. The van der Waals surface area contributed by atoms with E-state index < -0.39 is 11.6 Å². The Bertz CT molecular complexity index is 596. The Morgan fingerprint density at radius 1 is 1.06 bits per heavy atom. The first-order chi connectivity index (χ1) is 8.59. The van der Waals surface area contributed by atoms with E-state index in [0.717, 1.165) is 6.07 Å². The molecule has 0 unspecified atom stereocenters. The number of ketones is 1. The largest absolute Gasteiger partial charge is 0.294 e. The second-order valence-electron chi connectivity index (χ2n) is 3.79. The molecule has 0 aliphatic carbocycles. The summed E-state index contributed by atoms with van der Waals surface area (Å²) < 4.78 is 27.1. The first-order valence-electron chi connectivity index (χ1n) is 5.30. The third-order valence-electron chi connectivity index (χ3n) is 2.56. The van der Waals surface area contributed by atoms with Crippen molar-refractivity contribution in [3.8, 4) is 0 Å². The van der Waals surface area contributed by atoms with Gasteiger partial charge in [-0.1, -0.05) is 46.3 Å². The van der Waals surface area contributed by atoms with Crippen LogP contribution >= 0.6 is 15.9 Å². The van der Waals surface area contributed by atoms with Crippen molar-refractivity contribution >= 4 is 21.7 Å². The molecule has 0 radical (unpaired) electrons. The minimum atomic E-state index is -0.960. The predicted molar refractivity (Wildman–Crippen MR) is 68.5 cm³/mol. The average Bonchev–Trinajstić information content (AvgIpc) is 2.35. The van der Waals surface area contributed by atoms with Gasteiger partial charge in [-0.3, -0.25) is 4.79 Å². The lowest BCUT2D eigenvalue weighted by Crippen LogP contribution is -2.06. The van der Waals surface area contributed by atoms with Crippen LogP contribution in [0.5, 0.6) is 0 Å².